The maximum Gasteiger partial charge on any atom is 0.269 e. The molecule has 0 N–H and O–H groups in total. The molecule has 4 nitrogen and oxygen atoms in total. The quantitative estimate of drug-likeness (QED) is 0.461. The molecule has 94 valence electrons. The molecule has 5 heteroatoms. The van der Waals surface area contributed by atoms with E-state index in [0.29, 0.717) is 10.6 Å². The highest BCUT2D eigenvalue weighted by atomic mass is 32.2. The van der Waals surface area contributed by atoms with Crippen LogP contribution in [0.3, 0.4) is 0 Å². The van der Waals surface area contributed by atoms with Crippen LogP contribution in [0.1, 0.15) is 27.2 Å². The van der Waals surface area contributed by atoms with E-state index in [4.69, 9.17) is 0 Å². The Kier molecular flexibility index (Phi) is 4.54. The van der Waals surface area contributed by atoms with Crippen molar-refractivity contribution in [3.05, 3.63) is 34.4 Å². The Morgan fingerprint density at radius 3 is 2.24 bits per heavy atom. The van der Waals surface area contributed by atoms with Gasteiger partial charge >= 0.3 is 0 Å². The molecule has 0 amide bonds. The second kappa shape index (κ2) is 5.51. The minimum Gasteiger partial charge on any atom is -0.611 e. The van der Waals surface area contributed by atoms with E-state index < -0.39 is 16.1 Å². The summed E-state index contributed by atoms with van der Waals surface area (Å²) in [5.41, 5.74) is 0.0487. The molecule has 17 heavy (non-hydrogen) atoms. The lowest BCUT2D eigenvalue weighted by atomic mass is 9.93. The third-order valence-electron chi connectivity index (χ3n) is 2.79. The van der Waals surface area contributed by atoms with Crippen molar-refractivity contribution in [1.82, 2.24) is 0 Å². The fourth-order valence-electron chi connectivity index (χ4n) is 1.26. The fourth-order valence-corrected chi connectivity index (χ4v) is 2.78. The first-order valence-corrected chi connectivity index (χ1v) is 6.80. The highest BCUT2D eigenvalue weighted by molar-refractivity contribution is 7.91. The number of rotatable bonds is 5. The third-order valence-corrected chi connectivity index (χ3v) is 4.63. The first-order chi connectivity index (χ1) is 7.85. The van der Waals surface area contributed by atoms with Crippen LogP contribution in [0.2, 0.25) is 0 Å². The van der Waals surface area contributed by atoms with Crippen LogP contribution in [0.25, 0.3) is 0 Å². The van der Waals surface area contributed by atoms with Gasteiger partial charge in [0.15, 0.2) is 4.90 Å². The van der Waals surface area contributed by atoms with E-state index in [-0.39, 0.29) is 11.1 Å². The summed E-state index contributed by atoms with van der Waals surface area (Å²) in [6.45, 7) is 6.19. The summed E-state index contributed by atoms with van der Waals surface area (Å²) in [5, 5.41) is 10.5. The molecule has 0 heterocycles. The molecular weight excluding hydrogens is 238 g/mol. The Morgan fingerprint density at radius 2 is 1.82 bits per heavy atom. The van der Waals surface area contributed by atoms with E-state index in [0.717, 1.165) is 6.42 Å². The van der Waals surface area contributed by atoms with Crippen LogP contribution in [-0.4, -0.2) is 15.2 Å². The molecule has 1 unspecified atom stereocenters. The Morgan fingerprint density at radius 1 is 1.29 bits per heavy atom. The Bertz CT molecular complexity index is 389. The minimum atomic E-state index is -1.10. The van der Waals surface area contributed by atoms with E-state index in [2.05, 4.69) is 20.8 Å². The largest absolute Gasteiger partial charge is 0.611 e. The van der Waals surface area contributed by atoms with Gasteiger partial charge in [0, 0.05) is 17.5 Å². The number of nitrogens with zero attached hydrogens (tertiary/aromatic N) is 1. The molecule has 0 bridgehead atoms. The summed E-state index contributed by atoms with van der Waals surface area (Å²) >= 11 is -1.10. The van der Waals surface area contributed by atoms with Gasteiger partial charge in [-0.2, -0.15) is 0 Å². The van der Waals surface area contributed by atoms with Crippen molar-refractivity contribution in [3.8, 4) is 0 Å². The lowest BCUT2D eigenvalue weighted by molar-refractivity contribution is -0.384. The van der Waals surface area contributed by atoms with Crippen molar-refractivity contribution in [2.45, 2.75) is 32.1 Å². The Balaban J connectivity index is 2.76. The predicted molar refractivity (Wildman–Crippen MR) is 68.4 cm³/mol. The van der Waals surface area contributed by atoms with E-state index in [9.17, 15) is 14.7 Å². The summed E-state index contributed by atoms with van der Waals surface area (Å²) in [6, 6.07) is 5.93. The number of nitro benzene ring substituents is 1. The molecule has 0 aliphatic rings. The molecule has 0 fully saturated rings. The van der Waals surface area contributed by atoms with Gasteiger partial charge in [-0.25, -0.2) is 0 Å². The lowest BCUT2D eigenvalue weighted by Crippen LogP contribution is -2.23. The molecule has 1 atom stereocenters. The van der Waals surface area contributed by atoms with Crippen molar-refractivity contribution >= 4 is 16.9 Å². The average Bonchev–Trinajstić information content (AvgIpc) is 2.28. The van der Waals surface area contributed by atoms with E-state index in [1.54, 1.807) is 12.1 Å². The third kappa shape index (κ3) is 4.02. The summed E-state index contributed by atoms with van der Waals surface area (Å²) in [6.07, 6.45) is 0.950. The van der Waals surface area contributed by atoms with Gasteiger partial charge in [0.25, 0.3) is 5.69 Å². The molecule has 0 aliphatic heterocycles. The van der Waals surface area contributed by atoms with Crippen LogP contribution in [0.5, 0.6) is 0 Å². The van der Waals surface area contributed by atoms with Gasteiger partial charge in [-0.15, -0.1) is 0 Å². The maximum absolute atomic E-state index is 12.0. The summed E-state index contributed by atoms with van der Waals surface area (Å²) < 4.78 is 12.0. The topological polar surface area (TPSA) is 66.2 Å². The van der Waals surface area contributed by atoms with Crippen LogP contribution in [0.15, 0.2) is 29.2 Å². The molecule has 1 aromatic carbocycles. The molecule has 1 rings (SSSR count). The van der Waals surface area contributed by atoms with Crippen molar-refractivity contribution in [2.24, 2.45) is 5.41 Å². The molecule has 0 saturated carbocycles. The lowest BCUT2D eigenvalue weighted by Gasteiger charge is -2.23. The van der Waals surface area contributed by atoms with Gasteiger partial charge in [0.2, 0.25) is 0 Å². The summed E-state index contributed by atoms with van der Waals surface area (Å²) in [5.74, 6) is 0.571. The second-order valence-electron chi connectivity index (χ2n) is 4.76. The first-order valence-electron chi connectivity index (χ1n) is 5.48. The zero-order chi connectivity index (χ0) is 13.1. The van der Waals surface area contributed by atoms with Gasteiger partial charge in [-0.05, 0) is 29.7 Å². The van der Waals surface area contributed by atoms with Crippen molar-refractivity contribution in [3.63, 3.8) is 0 Å². The normalized spacial score (nSPS) is 13.4. The highest BCUT2D eigenvalue weighted by Gasteiger charge is 2.24. The van der Waals surface area contributed by atoms with Crippen molar-refractivity contribution < 1.29 is 9.48 Å². The number of hydrogen-bond acceptors (Lipinski definition) is 3. The van der Waals surface area contributed by atoms with Gasteiger partial charge < -0.3 is 4.55 Å². The van der Waals surface area contributed by atoms with E-state index >= 15 is 0 Å². The monoisotopic (exact) mass is 255 g/mol. The molecule has 0 saturated heterocycles. The number of nitro groups is 1. The SMILES string of the molecule is CCC(C)(C)C[S+]([O-])c1ccc([N+](=O)[O-])cc1. The van der Waals surface area contributed by atoms with Crippen LogP contribution >= 0.6 is 0 Å². The van der Waals surface area contributed by atoms with Crippen LogP contribution < -0.4 is 0 Å². The summed E-state index contributed by atoms with van der Waals surface area (Å²) in [4.78, 5) is 10.7. The Labute approximate surface area is 104 Å². The molecular formula is C12H17NO3S. The molecule has 0 radical (unpaired) electrons. The maximum atomic E-state index is 12.0. The van der Waals surface area contributed by atoms with Crippen molar-refractivity contribution in [2.75, 3.05) is 5.75 Å². The van der Waals surface area contributed by atoms with Gasteiger partial charge in [0.1, 0.15) is 5.75 Å². The van der Waals surface area contributed by atoms with Gasteiger partial charge in [-0.3, -0.25) is 10.1 Å². The smallest absolute Gasteiger partial charge is 0.269 e. The molecule has 0 aliphatic carbocycles. The van der Waals surface area contributed by atoms with E-state index in [1.807, 2.05) is 0 Å². The predicted octanol–water partition coefficient (Wildman–Crippen LogP) is 3.14. The van der Waals surface area contributed by atoms with Gasteiger partial charge in [-0.1, -0.05) is 20.8 Å². The highest BCUT2D eigenvalue weighted by Crippen LogP contribution is 2.26. The zero-order valence-electron chi connectivity index (χ0n) is 10.3. The number of non-ortho nitro benzene ring substituents is 1. The second-order valence-corrected chi connectivity index (χ2v) is 6.21. The standard InChI is InChI=1S/C12H17NO3S/c1-4-12(2,3)9-17(16)11-7-5-10(6-8-11)13(14)15/h5-8H,4,9H2,1-3H3. The molecule has 0 spiro atoms. The van der Waals surface area contributed by atoms with Crippen LogP contribution in [0.4, 0.5) is 5.69 Å². The van der Waals surface area contributed by atoms with Crippen molar-refractivity contribution in [1.29, 1.82) is 0 Å². The van der Waals surface area contributed by atoms with Gasteiger partial charge in [0.05, 0.1) is 4.92 Å². The van der Waals surface area contributed by atoms with Crippen LogP contribution in [-0.2, 0) is 11.2 Å². The van der Waals surface area contributed by atoms with E-state index in [1.165, 1.54) is 12.1 Å². The Hall–Kier alpha value is -1.07. The number of benzene rings is 1. The summed E-state index contributed by atoms with van der Waals surface area (Å²) in [7, 11) is 0. The molecule has 1 aromatic rings. The first kappa shape index (κ1) is 14.0. The van der Waals surface area contributed by atoms with Crippen LogP contribution in [0, 0.1) is 15.5 Å². The average molecular weight is 255 g/mol. The molecule has 0 aromatic heterocycles. The minimum absolute atomic E-state index is 0.0205. The fraction of sp³-hybridized carbons (Fsp3) is 0.500. The zero-order valence-corrected chi connectivity index (χ0v) is 11.1. The number of hydrogen-bond donors (Lipinski definition) is 0.